The third-order valence-corrected chi connectivity index (χ3v) is 3.32. The highest BCUT2D eigenvalue weighted by Crippen LogP contribution is 2.36. The molecule has 0 saturated carbocycles. The van der Waals surface area contributed by atoms with Crippen molar-refractivity contribution >= 4 is 17.6 Å². The quantitative estimate of drug-likeness (QED) is 0.888. The van der Waals surface area contributed by atoms with Crippen molar-refractivity contribution in [3.8, 4) is 0 Å². The van der Waals surface area contributed by atoms with E-state index in [2.05, 4.69) is 6.92 Å². The van der Waals surface area contributed by atoms with Gasteiger partial charge in [0, 0.05) is 18.7 Å². The Bertz CT molecular complexity index is 470. The first-order valence-corrected chi connectivity index (χ1v) is 6.27. The summed E-state index contributed by atoms with van der Waals surface area (Å²) < 4.78 is 0. The number of fused-ring (bicyclic) bond motifs is 1. The van der Waals surface area contributed by atoms with Crippen molar-refractivity contribution in [2.75, 3.05) is 11.4 Å². The standard InChI is InChI=1S/C14H17NO3/c1-2-3-8-15-12-7-5-4-6-10(12)11(14(17)18)9-13(15)16/h4-7,11H,2-3,8-9H2,1H3,(H,17,18)/t11-/m0/s1. The molecule has 0 aromatic heterocycles. The van der Waals surface area contributed by atoms with Gasteiger partial charge in [0.2, 0.25) is 5.91 Å². The molecule has 4 nitrogen and oxygen atoms in total. The number of amides is 1. The molecule has 0 fully saturated rings. The number of para-hydroxylation sites is 1. The molecule has 1 aromatic rings. The Morgan fingerprint density at radius 3 is 2.83 bits per heavy atom. The van der Waals surface area contributed by atoms with E-state index in [-0.39, 0.29) is 12.3 Å². The highest BCUT2D eigenvalue weighted by atomic mass is 16.4. The molecule has 1 aliphatic rings. The molecule has 1 aromatic carbocycles. The molecule has 2 rings (SSSR count). The van der Waals surface area contributed by atoms with Crippen LogP contribution in [0, 0.1) is 0 Å². The predicted molar refractivity (Wildman–Crippen MR) is 68.7 cm³/mol. The number of aliphatic carboxylic acids is 1. The summed E-state index contributed by atoms with van der Waals surface area (Å²) in [5.41, 5.74) is 1.51. The maximum atomic E-state index is 12.0. The number of carbonyl (C=O) groups is 2. The van der Waals surface area contributed by atoms with Gasteiger partial charge in [0.1, 0.15) is 0 Å². The van der Waals surface area contributed by atoms with Crippen LogP contribution in [-0.2, 0) is 9.59 Å². The van der Waals surface area contributed by atoms with Gasteiger partial charge >= 0.3 is 5.97 Å². The van der Waals surface area contributed by atoms with Crippen LogP contribution < -0.4 is 4.90 Å². The van der Waals surface area contributed by atoms with Gasteiger partial charge < -0.3 is 10.0 Å². The van der Waals surface area contributed by atoms with E-state index >= 15 is 0 Å². The van der Waals surface area contributed by atoms with Crippen LogP contribution in [-0.4, -0.2) is 23.5 Å². The Hall–Kier alpha value is -1.84. The van der Waals surface area contributed by atoms with Crippen LogP contribution in [0.25, 0.3) is 0 Å². The third kappa shape index (κ3) is 2.23. The molecule has 0 saturated heterocycles. The number of unbranched alkanes of at least 4 members (excludes halogenated alkanes) is 1. The fourth-order valence-corrected chi connectivity index (χ4v) is 2.34. The van der Waals surface area contributed by atoms with Crippen LogP contribution in [0.3, 0.4) is 0 Å². The highest BCUT2D eigenvalue weighted by Gasteiger charge is 2.34. The van der Waals surface area contributed by atoms with Gasteiger partial charge in [0.15, 0.2) is 0 Å². The minimum Gasteiger partial charge on any atom is -0.481 e. The second kappa shape index (κ2) is 5.21. The van der Waals surface area contributed by atoms with E-state index in [4.69, 9.17) is 0 Å². The number of carboxylic acids is 1. The first-order chi connectivity index (χ1) is 8.65. The third-order valence-electron chi connectivity index (χ3n) is 3.32. The molecule has 1 atom stereocenters. The Labute approximate surface area is 106 Å². The summed E-state index contributed by atoms with van der Waals surface area (Å²) in [6.45, 7) is 2.74. The molecular formula is C14H17NO3. The van der Waals surface area contributed by atoms with Gasteiger partial charge in [0.25, 0.3) is 0 Å². The molecule has 0 radical (unpaired) electrons. The Kier molecular flexibility index (Phi) is 3.65. The van der Waals surface area contributed by atoms with E-state index in [1.807, 2.05) is 18.2 Å². The minimum atomic E-state index is -0.925. The average Bonchev–Trinajstić information content (AvgIpc) is 2.36. The summed E-state index contributed by atoms with van der Waals surface area (Å²) in [6, 6.07) is 7.30. The maximum Gasteiger partial charge on any atom is 0.311 e. The van der Waals surface area contributed by atoms with Crippen molar-refractivity contribution in [1.29, 1.82) is 0 Å². The smallest absolute Gasteiger partial charge is 0.311 e. The lowest BCUT2D eigenvalue weighted by molar-refractivity contribution is -0.140. The molecule has 0 aliphatic carbocycles. The summed E-state index contributed by atoms with van der Waals surface area (Å²) in [7, 11) is 0. The largest absolute Gasteiger partial charge is 0.481 e. The van der Waals surface area contributed by atoms with E-state index in [0.717, 1.165) is 24.1 Å². The van der Waals surface area contributed by atoms with E-state index in [1.165, 1.54) is 0 Å². The molecule has 96 valence electrons. The van der Waals surface area contributed by atoms with Crippen molar-refractivity contribution in [2.45, 2.75) is 32.1 Å². The van der Waals surface area contributed by atoms with Gasteiger partial charge in [-0.15, -0.1) is 0 Å². The zero-order valence-corrected chi connectivity index (χ0v) is 10.4. The zero-order valence-electron chi connectivity index (χ0n) is 10.4. The summed E-state index contributed by atoms with van der Waals surface area (Å²) >= 11 is 0. The first-order valence-electron chi connectivity index (χ1n) is 6.27. The lowest BCUT2D eigenvalue weighted by Gasteiger charge is -2.32. The number of rotatable bonds is 4. The lowest BCUT2D eigenvalue weighted by Crippen LogP contribution is -2.39. The number of benzene rings is 1. The molecule has 1 aliphatic heterocycles. The Morgan fingerprint density at radius 1 is 1.44 bits per heavy atom. The van der Waals surface area contributed by atoms with Gasteiger partial charge in [-0.25, -0.2) is 0 Å². The van der Waals surface area contributed by atoms with Crippen molar-refractivity contribution in [3.63, 3.8) is 0 Å². The highest BCUT2D eigenvalue weighted by molar-refractivity contribution is 6.01. The zero-order chi connectivity index (χ0) is 13.1. The molecular weight excluding hydrogens is 230 g/mol. The fourth-order valence-electron chi connectivity index (χ4n) is 2.34. The lowest BCUT2D eigenvalue weighted by atomic mass is 9.89. The van der Waals surface area contributed by atoms with Crippen molar-refractivity contribution in [1.82, 2.24) is 0 Å². The van der Waals surface area contributed by atoms with Gasteiger partial charge in [-0.05, 0) is 18.1 Å². The Morgan fingerprint density at radius 2 is 2.17 bits per heavy atom. The molecule has 0 spiro atoms. The van der Waals surface area contributed by atoms with Crippen LogP contribution in [0.5, 0.6) is 0 Å². The van der Waals surface area contributed by atoms with Gasteiger partial charge in [-0.1, -0.05) is 31.5 Å². The topological polar surface area (TPSA) is 57.6 Å². The number of hydrogen-bond donors (Lipinski definition) is 1. The van der Waals surface area contributed by atoms with Crippen LogP contribution in [0.2, 0.25) is 0 Å². The predicted octanol–water partition coefficient (Wildman–Crippen LogP) is 2.39. The monoisotopic (exact) mass is 247 g/mol. The van der Waals surface area contributed by atoms with Crippen LogP contribution in [0.15, 0.2) is 24.3 Å². The van der Waals surface area contributed by atoms with Crippen LogP contribution in [0.1, 0.15) is 37.7 Å². The van der Waals surface area contributed by atoms with Gasteiger partial charge in [-0.2, -0.15) is 0 Å². The van der Waals surface area contributed by atoms with Gasteiger partial charge in [0.05, 0.1) is 5.92 Å². The summed E-state index contributed by atoms with van der Waals surface area (Å²) in [5.74, 6) is -1.72. The van der Waals surface area contributed by atoms with E-state index in [1.54, 1.807) is 11.0 Å². The first kappa shape index (κ1) is 12.6. The number of nitrogens with zero attached hydrogens (tertiary/aromatic N) is 1. The van der Waals surface area contributed by atoms with E-state index in [0.29, 0.717) is 6.54 Å². The molecule has 1 heterocycles. The Balaban J connectivity index is 2.38. The second-order valence-corrected chi connectivity index (χ2v) is 4.55. The van der Waals surface area contributed by atoms with Crippen molar-refractivity contribution in [3.05, 3.63) is 29.8 Å². The maximum absolute atomic E-state index is 12.0. The number of carboxylic acid groups (broad SMARTS) is 1. The molecule has 1 N–H and O–H groups in total. The molecule has 1 amide bonds. The molecule has 0 bridgehead atoms. The average molecular weight is 247 g/mol. The normalized spacial score (nSPS) is 18.6. The number of hydrogen-bond acceptors (Lipinski definition) is 2. The van der Waals surface area contributed by atoms with Crippen molar-refractivity contribution in [2.24, 2.45) is 0 Å². The SMILES string of the molecule is CCCCN1C(=O)C[C@H](C(=O)O)c2ccccc21. The molecule has 4 heteroatoms. The second-order valence-electron chi connectivity index (χ2n) is 4.55. The number of anilines is 1. The van der Waals surface area contributed by atoms with Crippen LogP contribution >= 0.6 is 0 Å². The summed E-state index contributed by atoms with van der Waals surface area (Å²) in [6.07, 6.45) is 2.00. The summed E-state index contributed by atoms with van der Waals surface area (Å²) in [4.78, 5) is 25.0. The van der Waals surface area contributed by atoms with E-state index in [9.17, 15) is 14.7 Å². The van der Waals surface area contributed by atoms with Gasteiger partial charge in [-0.3, -0.25) is 9.59 Å². The summed E-state index contributed by atoms with van der Waals surface area (Å²) in [5, 5.41) is 9.19. The minimum absolute atomic E-state index is 0.0655. The van der Waals surface area contributed by atoms with Crippen molar-refractivity contribution < 1.29 is 14.7 Å². The number of carbonyl (C=O) groups excluding carboxylic acids is 1. The molecule has 18 heavy (non-hydrogen) atoms. The van der Waals surface area contributed by atoms with Crippen LogP contribution in [0.4, 0.5) is 5.69 Å². The fraction of sp³-hybridized carbons (Fsp3) is 0.429. The van der Waals surface area contributed by atoms with E-state index < -0.39 is 11.9 Å². The molecule has 0 unspecified atom stereocenters.